The molecule has 2 atom stereocenters. The minimum atomic E-state index is -0.237. The molecule has 1 fully saturated rings. The predicted molar refractivity (Wildman–Crippen MR) is 68.8 cm³/mol. The zero-order valence-electron chi connectivity index (χ0n) is 10.8. The summed E-state index contributed by atoms with van der Waals surface area (Å²) in [6, 6.07) is 7.04. The summed E-state index contributed by atoms with van der Waals surface area (Å²) in [5, 5.41) is 0. The monoisotopic (exact) mass is 249 g/mol. The van der Waals surface area contributed by atoms with Crippen molar-refractivity contribution in [3.63, 3.8) is 0 Å². The number of Topliss-reactive ketones (excluding diaryl/α,β-unsaturated/α-hetero) is 1. The van der Waals surface area contributed by atoms with E-state index in [1.54, 1.807) is 12.1 Å². The fraction of sp³-hybridized carbons (Fsp3) is 0.500. The molecule has 2 unspecified atom stereocenters. The number of carbonyl (C=O) groups excluding carboxylic acids is 1. The van der Waals surface area contributed by atoms with Crippen molar-refractivity contribution in [2.45, 2.75) is 26.0 Å². The molecule has 1 saturated heterocycles. The summed E-state index contributed by atoms with van der Waals surface area (Å²) in [6.07, 6.45) is 0.0902. The van der Waals surface area contributed by atoms with Gasteiger partial charge in [0.2, 0.25) is 0 Å². The number of ketones is 1. The molecule has 1 aromatic rings. The Bertz CT molecular complexity index is 431. The normalized spacial score (nSPS) is 23.3. The topological polar surface area (TPSA) is 61.5 Å². The Balaban J connectivity index is 2.15. The molecule has 0 radical (unpaired) electrons. The number of carbonyl (C=O) groups is 1. The molecule has 0 spiro atoms. The van der Waals surface area contributed by atoms with Crippen LogP contribution in [-0.4, -0.2) is 31.1 Å². The van der Waals surface area contributed by atoms with E-state index in [0.717, 1.165) is 0 Å². The second kappa shape index (κ2) is 5.50. The van der Waals surface area contributed by atoms with E-state index in [1.807, 2.05) is 26.0 Å². The molecular formula is C14H19NO3. The van der Waals surface area contributed by atoms with Crippen LogP contribution in [0.25, 0.3) is 0 Å². The zero-order chi connectivity index (χ0) is 13.1. The smallest absolute Gasteiger partial charge is 0.170 e. The molecule has 1 heterocycles. The highest BCUT2D eigenvalue weighted by Gasteiger charge is 2.31. The highest BCUT2D eigenvalue weighted by Crippen LogP contribution is 2.21. The summed E-state index contributed by atoms with van der Waals surface area (Å²) >= 11 is 0. The van der Waals surface area contributed by atoms with Gasteiger partial charge >= 0.3 is 0 Å². The molecule has 0 bridgehead atoms. The van der Waals surface area contributed by atoms with Gasteiger partial charge in [-0.05, 0) is 26.0 Å². The van der Waals surface area contributed by atoms with Gasteiger partial charge in [-0.25, -0.2) is 0 Å². The van der Waals surface area contributed by atoms with E-state index in [1.165, 1.54) is 0 Å². The van der Waals surface area contributed by atoms with Crippen molar-refractivity contribution in [3.05, 3.63) is 29.8 Å². The number of rotatable bonds is 4. The van der Waals surface area contributed by atoms with Crippen molar-refractivity contribution in [2.24, 2.45) is 11.7 Å². The number of hydrogen-bond donors (Lipinski definition) is 1. The molecule has 4 heteroatoms. The van der Waals surface area contributed by atoms with Gasteiger partial charge in [-0.3, -0.25) is 4.79 Å². The molecule has 0 saturated carbocycles. The average Bonchev–Trinajstić information content (AvgIpc) is 2.74. The van der Waals surface area contributed by atoms with Crippen LogP contribution in [0.5, 0.6) is 5.75 Å². The second-order valence-corrected chi connectivity index (χ2v) is 4.87. The summed E-state index contributed by atoms with van der Waals surface area (Å²) in [7, 11) is 0. The first-order chi connectivity index (χ1) is 8.58. The molecular weight excluding hydrogens is 230 g/mol. The minimum absolute atomic E-state index is 0.0363. The Morgan fingerprint density at radius 3 is 2.83 bits per heavy atom. The van der Waals surface area contributed by atoms with Crippen LogP contribution in [0.2, 0.25) is 0 Å². The summed E-state index contributed by atoms with van der Waals surface area (Å²) in [6.45, 7) is 4.78. The van der Waals surface area contributed by atoms with Gasteiger partial charge in [0, 0.05) is 11.6 Å². The van der Waals surface area contributed by atoms with Crippen LogP contribution in [-0.2, 0) is 4.74 Å². The lowest BCUT2D eigenvalue weighted by atomic mass is 9.94. The van der Waals surface area contributed by atoms with E-state index in [-0.39, 0.29) is 23.8 Å². The molecule has 0 aliphatic carbocycles. The molecule has 1 aliphatic rings. The third kappa shape index (κ3) is 2.89. The quantitative estimate of drug-likeness (QED) is 0.824. The van der Waals surface area contributed by atoms with Crippen LogP contribution in [0.15, 0.2) is 24.3 Å². The molecule has 1 aromatic carbocycles. The Morgan fingerprint density at radius 1 is 1.44 bits per heavy atom. The van der Waals surface area contributed by atoms with Gasteiger partial charge < -0.3 is 15.2 Å². The van der Waals surface area contributed by atoms with Gasteiger partial charge in [0.25, 0.3) is 0 Å². The summed E-state index contributed by atoms with van der Waals surface area (Å²) in [4.78, 5) is 12.3. The number of nitrogens with two attached hydrogens (primary N) is 1. The maximum Gasteiger partial charge on any atom is 0.170 e. The van der Waals surface area contributed by atoms with Crippen LogP contribution >= 0.6 is 0 Å². The molecule has 18 heavy (non-hydrogen) atoms. The summed E-state index contributed by atoms with van der Waals surface area (Å²) in [5.41, 5.74) is 6.50. The van der Waals surface area contributed by atoms with Gasteiger partial charge in [0.05, 0.1) is 25.2 Å². The van der Waals surface area contributed by atoms with E-state index in [2.05, 4.69) is 0 Å². The standard InChI is InChI=1S/C14H19NO3/c1-9(2)18-11-5-3-4-10(6-11)14(16)12-7-17-8-13(12)15/h3-6,9,12-13H,7-8,15H2,1-2H3. The van der Waals surface area contributed by atoms with E-state index >= 15 is 0 Å². The Labute approximate surface area is 107 Å². The highest BCUT2D eigenvalue weighted by atomic mass is 16.5. The number of ether oxygens (including phenoxy) is 2. The molecule has 0 amide bonds. The molecule has 2 N–H and O–H groups in total. The van der Waals surface area contributed by atoms with E-state index in [9.17, 15) is 4.79 Å². The fourth-order valence-electron chi connectivity index (χ4n) is 2.05. The van der Waals surface area contributed by atoms with Gasteiger partial charge in [-0.15, -0.1) is 0 Å². The van der Waals surface area contributed by atoms with E-state index in [0.29, 0.717) is 24.5 Å². The molecule has 2 rings (SSSR count). The van der Waals surface area contributed by atoms with Crippen LogP contribution in [0.3, 0.4) is 0 Å². The average molecular weight is 249 g/mol. The van der Waals surface area contributed by atoms with Crippen LogP contribution < -0.4 is 10.5 Å². The molecule has 1 aliphatic heterocycles. The lowest BCUT2D eigenvalue weighted by Crippen LogP contribution is -2.34. The maximum absolute atomic E-state index is 12.3. The maximum atomic E-state index is 12.3. The van der Waals surface area contributed by atoms with Gasteiger partial charge in [-0.2, -0.15) is 0 Å². The van der Waals surface area contributed by atoms with Crippen molar-refractivity contribution in [2.75, 3.05) is 13.2 Å². The minimum Gasteiger partial charge on any atom is -0.491 e. The van der Waals surface area contributed by atoms with Crippen molar-refractivity contribution in [1.29, 1.82) is 0 Å². The lowest BCUT2D eigenvalue weighted by molar-refractivity contribution is 0.0895. The van der Waals surface area contributed by atoms with Gasteiger partial charge in [-0.1, -0.05) is 12.1 Å². The van der Waals surface area contributed by atoms with Crippen molar-refractivity contribution >= 4 is 5.78 Å². The Kier molecular flexibility index (Phi) is 3.99. The largest absolute Gasteiger partial charge is 0.491 e. The summed E-state index contributed by atoms with van der Waals surface area (Å²) < 4.78 is 10.8. The fourth-order valence-corrected chi connectivity index (χ4v) is 2.05. The third-order valence-electron chi connectivity index (χ3n) is 2.95. The van der Waals surface area contributed by atoms with Crippen LogP contribution in [0, 0.1) is 5.92 Å². The van der Waals surface area contributed by atoms with Gasteiger partial charge in [0.1, 0.15) is 5.75 Å². The zero-order valence-corrected chi connectivity index (χ0v) is 10.8. The number of benzene rings is 1. The van der Waals surface area contributed by atoms with Gasteiger partial charge in [0.15, 0.2) is 5.78 Å². The highest BCUT2D eigenvalue weighted by molar-refractivity contribution is 5.98. The van der Waals surface area contributed by atoms with Crippen LogP contribution in [0.4, 0.5) is 0 Å². The Morgan fingerprint density at radius 2 is 2.22 bits per heavy atom. The summed E-state index contributed by atoms with van der Waals surface area (Å²) in [5.74, 6) is 0.511. The predicted octanol–water partition coefficient (Wildman–Crippen LogP) is 1.63. The van der Waals surface area contributed by atoms with Crippen LogP contribution in [0.1, 0.15) is 24.2 Å². The molecule has 0 aromatic heterocycles. The van der Waals surface area contributed by atoms with Crippen molar-refractivity contribution in [1.82, 2.24) is 0 Å². The first-order valence-corrected chi connectivity index (χ1v) is 6.22. The first-order valence-electron chi connectivity index (χ1n) is 6.22. The van der Waals surface area contributed by atoms with E-state index < -0.39 is 0 Å². The SMILES string of the molecule is CC(C)Oc1cccc(C(=O)C2COCC2N)c1. The molecule has 98 valence electrons. The van der Waals surface area contributed by atoms with E-state index in [4.69, 9.17) is 15.2 Å². The third-order valence-corrected chi connectivity index (χ3v) is 2.95. The molecule has 4 nitrogen and oxygen atoms in total. The van der Waals surface area contributed by atoms with Crippen molar-refractivity contribution < 1.29 is 14.3 Å². The Hall–Kier alpha value is -1.39. The second-order valence-electron chi connectivity index (χ2n) is 4.87. The number of hydrogen-bond acceptors (Lipinski definition) is 4. The first kappa shape index (κ1) is 13.1. The lowest BCUT2D eigenvalue weighted by Gasteiger charge is -2.14. The van der Waals surface area contributed by atoms with Crippen molar-refractivity contribution in [3.8, 4) is 5.75 Å².